The van der Waals surface area contributed by atoms with Crippen LogP contribution in [0.25, 0.3) is 0 Å². The van der Waals surface area contributed by atoms with Crippen molar-refractivity contribution in [3.05, 3.63) is 65.0 Å². The molecule has 0 aromatic heterocycles. The topological polar surface area (TPSA) is 52.6 Å². The van der Waals surface area contributed by atoms with Crippen molar-refractivity contribution in [1.29, 1.82) is 0 Å². The van der Waals surface area contributed by atoms with E-state index < -0.39 is 11.4 Å². The number of esters is 1. The van der Waals surface area contributed by atoms with E-state index in [1.54, 1.807) is 38.3 Å². The number of methoxy groups -OCH3 is 1. The lowest BCUT2D eigenvalue weighted by Crippen LogP contribution is -2.36. The van der Waals surface area contributed by atoms with Gasteiger partial charge >= 0.3 is 5.97 Å². The number of hydrogen-bond donors (Lipinski definition) is 0. The van der Waals surface area contributed by atoms with Crippen LogP contribution in [-0.2, 0) is 26.3 Å². The van der Waals surface area contributed by atoms with Crippen LogP contribution in [-0.4, -0.2) is 18.9 Å². The summed E-state index contributed by atoms with van der Waals surface area (Å²) < 4.78 is 24.7. The number of ether oxygens (including phenoxy) is 2. The maximum absolute atomic E-state index is 14.0. The predicted octanol–water partition coefficient (Wildman–Crippen LogP) is 3.88. The van der Waals surface area contributed by atoms with Crippen LogP contribution < -0.4 is 4.74 Å². The Morgan fingerprint density at radius 2 is 1.92 bits per heavy atom. The molecule has 0 saturated heterocycles. The fourth-order valence-electron chi connectivity index (χ4n) is 3.51. The standard InChI is InChI=1S/C21H21FO4/c1-14-18(4-3-5-19(14)22)21(11-10-16(23)12-21)20(24)26-13-15-6-8-17(25-2)9-7-15/h3-9H,10-13H2,1-2H3. The molecular weight excluding hydrogens is 335 g/mol. The highest BCUT2D eigenvalue weighted by Gasteiger charge is 2.48. The average molecular weight is 356 g/mol. The predicted molar refractivity (Wildman–Crippen MR) is 94.5 cm³/mol. The van der Waals surface area contributed by atoms with E-state index >= 15 is 0 Å². The van der Waals surface area contributed by atoms with Crippen molar-refractivity contribution in [2.75, 3.05) is 7.11 Å². The zero-order valence-corrected chi connectivity index (χ0v) is 14.9. The van der Waals surface area contributed by atoms with E-state index in [9.17, 15) is 14.0 Å². The van der Waals surface area contributed by atoms with Crippen LogP contribution in [0, 0.1) is 12.7 Å². The number of hydrogen-bond acceptors (Lipinski definition) is 4. The first kappa shape index (κ1) is 18.1. The molecule has 1 fully saturated rings. The Labute approximate surface area is 151 Å². The van der Waals surface area contributed by atoms with Gasteiger partial charge in [0.05, 0.1) is 7.11 Å². The Balaban J connectivity index is 1.84. The van der Waals surface area contributed by atoms with Crippen LogP contribution in [0.2, 0.25) is 0 Å². The SMILES string of the molecule is COc1ccc(COC(=O)C2(c3cccc(F)c3C)CCC(=O)C2)cc1. The molecule has 4 nitrogen and oxygen atoms in total. The highest BCUT2D eigenvalue weighted by Crippen LogP contribution is 2.42. The highest BCUT2D eigenvalue weighted by molar-refractivity contribution is 5.95. The second kappa shape index (κ2) is 7.28. The summed E-state index contributed by atoms with van der Waals surface area (Å²) in [6.07, 6.45) is 0.698. The number of benzene rings is 2. The Bertz CT molecular complexity index is 828. The van der Waals surface area contributed by atoms with E-state index in [-0.39, 0.29) is 24.6 Å². The second-order valence-corrected chi connectivity index (χ2v) is 6.63. The lowest BCUT2D eigenvalue weighted by Gasteiger charge is -2.28. The molecule has 0 N–H and O–H groups in total. The van der Waals surface area contributed by atoms with Gasteiger partial charge in [-0.25, -0.2) is 4.39 Å². The molecule has 136 valence electrons. The van der Waals surface area contributed by atoms with Gasteiger partial charge in [0, 0.05) is 12.8 Å². The molecule has 2 aromatic rings. The minimum atomic E-state index is -1.10. The quantitative estimate of drug-likeness (QED) is 0.763. The van der Waals surface area contributed by atoms with Crippen molar-refractivity contribution in [3.63, 3.8) is 0 Å². The van der Waals surface area contributed by atoms with Gasteiger partial charge in [-0.2, -0.15) is 0 Å². The molecule has 1 saturated carbocycles. The number of Topliss-reactive ketones (excluding diaryl/α,β-unsaturated/α-hetero) is 1. The zero-order chi connectivity index (χ0) is 18.7. The first-order valence-corrected chi connectivity index (χ1v) is 8.54. The Hall–Kier alpha value is -2.69. The molecule has 3 rings (SSSR count). The Morgan fingerprint density at radius 3 is 2.54 bits per heavy atom. The van der Waals surface area contributed by atoms with E-state index in [0.717, 1.165) is 5.56 Å². The first-order chi connectivity index (χ1) is 12.5. The lowest BCUT2D eigenvalue weighted by molar-refractivity contribution is -0.152. The third-order valence-electron chi connectivity index (χ3n) is 5.03. The van der Waals surface area contributed by atoms with Crippen LogP contribution >= 0.6 is 0 Å². The fourth-order valence-corrected chi connectivity index (χ4v) is 3.51. The van der Waals surface area contributed by atoms with E-state index in [2.05, 4.69) is 0 Å². The Kier molecular flexibility index (Phi) is 5.07. The molecule has 0 spiro atoms. The van der Waals surface area contributed by atoms with Crippen LogP contribution in [0.4, 0.5) is 4.39 Å². The second-order valence-electron chi connectivity index (χ2n) is 6.63. The number of rotatable bonds is 5. The summed E-state index contributed by atoms with van der Waals surface area (Å²) in [7, 11) is 1.58. The largest absolute Gasteiger partial charge is 0.497 e. The summed E-state index contributed by atoms with van der Waals surface area (Å²) >= 11 is 0. The number of ketones is 1. The fraction of sp³-hybridized carbons (Fsp3) is 0.333. The summed E-state index contributed by atoms with van der Waals surface area (Å²) in [6, 6.07) is 11.8. The average Bonchev–Trinajstić information content (AvgIpc) is 3.05. The number of carbonyl (C=O) groups excluding carboxylic acids is 2. The van der Waals surface area contributed by atoms with Crippen molar-refractivity contribution in [2.45, 2.75) is 38.2 Å². The first-order valence-electron chi connectivity index (χ1n) is 8.54. The van der Waals surface area contributed by atoms with Gasteiger partial charge in [0.2, 0.25) is 0 Å². The normalized spacial score (nSPS) is 19.4. The van der Waals surface area contributed by atoms with E-state index in [1.165, 1.54) is 6.07 Å². The maximum atomic E-state index is 14.0. The summed E-state index contributed by atoms with van der Waals surface area (Å²) in [4.78, 5) is 24.9. The van der Waals surface area contributed by atoms with Gasteiger partial charge < -0.3 is 9.47 Å². The molecule has 0 bridgehead atoms. The van der Waals surface area contributed by atoms with E-state index in [1.807, 2.05) is 12.1 Å². The van der Waals surface area contributed by atoms with Gasteiger partial charge in [-0.15, -0.1) is 0 Å². The third-order valence-corrected chi connectivity index (χ3v) is 5.03. The Morgan fingerprint density at radius 1 is 1.19 bits per heavy atom. The molecule has 1 unspecified atom stereocenters. The number of halogens is 1. The molecule has 1 aliphatic carbocycles. The van der Waals surface area contributed by atoms with E-state index in [0.29, 0.717) is 29.7 Å². The summed E-state index contributed by atoms with van der Waals surface area (Å²) in [6.45, 7) is 1.72. The molecule has 0 aliphatic heterocycles. The zero-order valence-electron chi connectivity index (χ0n) is 14.9. The van der Waals surface area contributed by atoms with Crippen LogP contribution in [0.15, 0.2) is 42.5 Å². The molecule has 26 heavy (non-hydrogen) atoms. The van der Waals surface area contributed by atoms with Crippen molar-refractivity contribution < 1.29 is 23.5 Å². The molecule has 1 atom stereocenters. The summed E-state index contributed by atoms with van der Waals surface area (Å²) in [5.41, 5.74) is 0.650. The van der Waals surface area contributed by atoms with Gasteiger partial charge in [-0.3, -0.25) is 9.59 Å². The molecule has 1 aliphatic rings. The van der Waals surface area contributed by atoms with Gasteiger partial charge in [-0.05, 0) is 48.2 Å². The number of carbonyl (C=O) groups is 2. The van der Waals surface area contributed by atoms with Crippen LogP contribution in [0.1, 0.15) is 36.0 Å². The summed E-state index contributed by atoms with van der Waals surface area (Å²) in [5.74, 6) is -0.152. The molecule has 0 amide bonds. The van der Waals surface area contributed by atoms with Gasteiger partial charge in [0.1, 0.15) is 29.4 Å². The van der Waals surface area contributed by atoms with Gasteiger partial charge in [-0.1, -0.05) is 24.3 Å². The highest BCUT2D eigenvalue weighted by atomic mass is 19.1. The van der Waals surface area contributed by atoms with Crippen LogP contribution in [0.5, 0.6) is 5.75 Å². The summed E-state index contributed by atoms with van der Waals surface area (Å²) in [5, 5.41) is 0. The van der Waals surface area contributed by atoms with Crippen molar-refractivity contribution in [2.24, 2.45) is 0 Å². The lowest BCUT2D eigenvalue weighted by atomic mass is 9.76. The van der Waals surface area contributed by atoms with Crippen LogP contribution in [0.3, 0.4) is 0 Å². The molecule has 0 radical (unpaired) electrons. The van der Waals surface area contributed by atoms with E-state index in [4.69, 9.17) is 9.47 Å². The maximum Gasteiger partial charge on any atom is 0.317 e. The van der Waals surface area contributed by atoms with Crippen molar-refractivity contribution in [1.82, 2.24) is 0 Å². The smallest absolute Gasteiger partial charge is 0.317 e. The molecule has 2 aromatic carbocycles. The van der Waals surface area contributed by atoms with Crippen molar-refractivity contribution in [3.8, 4) is 5.75 Å². The van der Waals surface area contributed by atoms with Crippen molar-refractivity contribution >= 4 is 11.8 Å². The minimum Gasteiger partial charge on any atom is -0.497 e. The van der Waals surface area contributed by atoms with Gasteiger partial charge in [0.25, 0.3) is 0 Å². The molecule has 0 heterocycles. The minimum absolute atomic E-state index is 0.00458. The molecule has 5 heteroatoms. The third kappa shape index (κ3) is 3.34. The van der Waals surface area contributed by atoms with Gasteiger partial charge in [0.15, 0.2) is 0 Å². The monoisotopic (exact) mass is 356 g/mol. The molecular formula is C21H21FO4.